The lowest BCUT2D eigenvalue weighted by Crippen LogP contribution is -2.53. The van der Waals surface area contributed by atoms with Crippen LogP contribution >= 0.6 is 0 Å². The number of benzene rings is 1. The summed E-state index contributed by atoms with van der Waals surface area (Å²) >= 11 is 0. The second-order valence-corrected chi connectivity index (χ2v) is 11.1. The molecule has 5 rings (SSSR count). The Morgan fingerprint density at radius 3 is 2.63 bits per heavy atom. The first-order valence-corrected chi connectivity index (χ1v) is 12.7. The molecule has 2 fully saturated rings. The zero-order chi connectivity index (χ0) is 24.9. The normalized spacial score (nSPS) is 26.6. The summed E-state index contributed by atoms with van der Waals surface area (Å²) < 4.78 is 14.5. The highest BCUT2D eigenvalue weighted by Crippen LogP contribution is 2.43. The number of halogens is 1. The van der Waals surface area contributed by atoms with Crippen molar-refractivity contribution in [3.8, 4) is 0 Å². The third-order valence-electron chi connectivity index (χ3n) is 8.05. The van der Waals surface area contributed by atoms with Crippen molar-refractivity contribution in [3.63, 3.8) is 0 Å². The van der Waals surface area contributed by atoms with Crippen LogP contribution in [0, 0.1) is 12.7 Å². The van der Waals surface area contributed by atoms with Gasteiger partial charge in [-0.15, -0.1) is 0 Å². The van der Waals surface area contributed by atoms with Crippen LogP contribution in [0.5, 0.6) is 0 Å². The molecular weight excluding hydrogens is 445 g/mol. The fraction of sp³-hybridized carbons (Fsp3) is 0.593. The molecule has 0 radical (unpaired) electrons. The third kappa shape index (κ3) is 4.54. The van der Waals surface area contributed by atoms with Crippen LogP contribution < -0.4 is 10.2 Å². The molecule has 7 nitrogen and oxygen atoms in total. The molecule has 1 aromatic carbocycles. The summed E-state index contributed by atoms with van der Waals surface area (Å²) in [6, 6.07) is 5.19. The van der Waals surface area contributed by atoms with Crippen LogP contribution in [-0.2, 0) is 4.79 Å². The predicted octanol–water partition coefficient (Wildman–Crippen LogP) is 3.43. The van der Waals surface area contributed by atoms with Crippen molar-refractivity contribution < 1.29 is 14.3 Å². The molecule has 2 aliphatic heterocycles. The Morgan fingerprint density at radius 1 is 1.23 bits per heavy atom. The van der Waals surface area contributed by atoms with Crippen LogP contribution in [0.1, 0.15) is 80.4 Å². The van der Waals surface area contributed by atoms with Gasteiger partial charge in [-0.1, -0.05) is 19.1 Å². The van der Waals surface area contributed by atoms with Gasteiger partial charge in [-0.25, -0.2) is 14.4 Å². The van der Waals surface area contributed by atoms with Crippen molar-refractivity contribution in [1.29, 1.82) is 0 Å². The number of hydrogen-bond donors (Lipinski definition) is 2. The van der Waals surface area contributed by atoms with Gasteiger partial charge >= 0.3 is 0 Å². The largest absolute Gasteiger partial charge is 0.387 e. The Bertz CT molecular complexity index is 1110. The standard InChI is InChI=1S/C27H36FN5O2/c1-16-5-6-18(14-19(16)28)23(20-7-8-27(3,4)31-20)26(35)33-11-9-32(10-12-33)25-22-17(2)13-21(34)24(22)29-15-30-25/h5-6,14-15,17,20-21,23,31,34H,7-13H2,1-4H3/t17-,20+,21-,23+/m1/s1. The summed E-state index contributed by atoms with van der Waals surface area (Å²) in [5.41, 5.74) is 3.06. The maximum atomic E-state index is 14.5. The number of hydrogen-bond acceptors (Lipinski definition) is 6. The Kier molecular flexibility index (Phi) is 6.30. The first-order chi connectivity index (χ1) is 16.6. The van der Waals surface area contributed by atoms with Crippen LogP contribution in [-0.4, -0.2) is 63.6 Å². The van der Waals surface area contributed by atoms with Crippen LogP contribution in [0.15, 0.2) is 24.5 Å². The number of carbonyl (C=O) groups is 1. The summed E-state index contributed by atoms with van der Waals surface area (Å²) in [7, 11) is 0. The number of amides is 1. The van der Waals surface area contributed by atoms with Crippen LogP contribution in [0.2, 0.25) is 0 Å². The second-order valence-electron chi connectivity index (χ2n) is 11.1. The summed E-state index contributed by atoms with van der Waals surface area (Å²) in [4.78, 5) is 26.9. The van der Waals surface area contributed by atoms with Gasteiger partial charge in [0.25, 0.3) is 0 Å². The van der Waals surface area contributed by atoms with Gasteiger partial charge < -0.3 is 20.2 Å². The molecule has 1 aromatic heterocycles. The molecule has 0 bridgehead atoms. The highest BCUT2D eigenvalue weighted by molar-refractivity contribution is 5.85. The van der Waals surface area contributed by atoms with Gasteiger partial charge in [0.2, 0.25) is 5.91 Å². The molecule has 8 heteroatoms. The lowest BCUT2D eigenvalue weighted by Gasteiger charge is -2.39. The maximum absolute atomic E-state index is 14.5. The van der Waals surface area contributed by atoms with E-state index in [9.17, 15) is 14.3 Å². The first-order valence-electron chi connectivity index (χ1n) is 12.7. The number of aliphatic hydroxyl groups excluding tert-OH is 1. The molecule has 1 aliphatic carbocycles. The smallest absolute Gasteiger partial charge is 0.231 e. The van der Waals surface area contributed by atoms with E-state index in [4.69, 9.17) is 0 Å². The molecule has 3 aliphatic rings. The fourth-order valence-corrected chi connectivity index (χ4v) is 6.05. The fourth-order valence-electron chi connectivity index (χ4n) is 6.05. The van der Waals surface area contributed by atoms with E-state index in [2.05, 4.69) is 41.0 Å². The number of anilines is 1. The highest BCUT2D eigenvalue weighted by Gasteiger charge is 2.41. The number of piperazine rings is 1. The first kappa shape index (κ1) is 24.1. The summed E-state index contributed by atoms with van der Waals surface area (Å²) in [6.07, 6.45) is 3.52. The van der Waals surface area contributed by atoms with E-state index in [0.29, 0.717) is 38.2 Å². The molecule has 1 amide bonds. The monoisotopic (exact) mass is 481 g/mol. The number of fused-ring (bicyclic) bond motifs is 1. The minimum absolute atomic E-state index is 0.0230. The van der Waals surface area contributed by atoms with E-state index in [1.54, 1.807) is 13.0 Å². The van der Waals surface area contributed by atoms with Gasteiger partial charge in [0.15, 0.2) is 0 Å². The Balaban J connectivity index is 1.35. The predicted molar refractivity (Wildman–Crippen MR) is 133 cm³/mol. The Morgan fingerprint density at radius 2 is 1.97 bits per heavy atom. The molecule has 2 saturated heterocycles. The lowest BCUT2D eigenvalue weighted by atomic mass is 9.88. The molecule has 0 spiro atoms. The number of aliphatic hydroxyl groups is 1. The van der Waals surface area contributed by atoms with Crippen LogP contribution in [0.25, 0.3) is 0 Å². The number of nitrogens with zero attached hydrogens (tertiary/aromatic N) is 4. The molecule has 0 saturated carbocycles. The number of aromatic nitrogens is 2. The maximum Gasteiger partial charge on any atom is 0.231 e. The van der Waals surface area contributed by atoms with E-state index in [1.165, 1.54) is 12.4 Å². The van der Waals surface area contributed by atoms with Gasteiger partial charge in [-0.05, 0) is 63.1 Å². The molecule has 2 aromatic rings. The Labute approximate surface area is 206 Å². The third-order valence-corrected chi connectivity index (χ3v) is 8.05. The zero-order valence-corrected chi connectivity index (χ0v) is 21.1. The van der Waals surface area contributed by atoms with E-state index >= 15 is 0 Å². The minimum Gasteiger partial charge on any atom is -0.387 e. The van der Waals surface area contributed by atoms with Gasteiger partial charge in [0.1, 0.15) is 18.0 Å². The average Bonchev–Trinajstić information content (AvgIpc) is 3.34. The molecule has 35 heavy (non-hydrogen) atoms. The van der Waals surface area contributed by atoms with Crippen LogP contribution in [0.3, 0.4) is 0 Å². The summed E-state index contributed by atoms with van der Waals surface area (Å²) in [5.74, 6) is 0.448. The van der Waals surface area contributed by atoms with Crippen molar-refractivity contribution >= 4 is 11.7 Å². The molecule has 3 heterocycles. The van der Waals surface area contributed by atoms with Crippen molar-refractivity contribution in [1.82, 2.24) is 20.2 Å². The minimum atomic E-state index is -0.538. The number of nitrogens with one attached hydrogen (secondary N) is 1. The van der Waals surface area contributed by atoms with Crippen molar-refractivity contribution in [2.24, 2.45) is 0 Å². The van der Waals surface area contributed by atoms with E-state index in [0.717, 1.165) is 35.5 Å². The quantitative estimate of drug-likeness (QED) is 0.697. The highest BCUT2D eigenvalue weighted by atomic mass is 19.1. The van der Waals surface area contributed by atoms with E-state index in [-0.39, 0.29) is 29.2 Å². The Hall–Kier alpha value is -2.58. The van der Waals surface area contributed by atoms with Gasteiger partial charge in [0.05, 0.1) is 17.7 Å². The zero-order valence-electron chi connectivity index (χ0n) is 21.1. The van der Waals surface area contributed by atoms with E-state index in [1.807, 2.05) is 11.0 Å². The van der Waals surface area contributed by atoms with Gasteiger partial charge in [-0.2, -0.15) is 0 Å². The number of carbonyl (C=O) groups excluding carboxylic acids is 1. The van der Waals surface area contributed by atoms with Crippen molar-refractivity contribution in [2.45, 2.75) is 76.5 Å². The number of aryl methyl sites for hydroxylation is 1. The SMILES string of the molecule is Cc1ccc([C@H](C(=O)N2CCN(c3ncnc4c3[C@H](C)C[C@H]4O)CC2)[C@@H]2CCC(C)(C)N2)cc1F. The molecule has 4 atom stereocenters. The van der Waals surface area contributed by atoms with Gasteiger partial charge in [0, 0.05) is 43.3 Å². The van der Waals surface area contributed by atoms with Gasteiger partial charge in [-0.3, -0.25) is 4.79 Å². The lowest BCUT2D eigenvalue weighted by molar-refractivity contribution is -0.133. The average molecular weight is 482 g/mol. The van der Waals surface area contributed by atoms with Crippen molar-refractivity contribution in [2.75, 3.05) is 31.1 Å². The van der Waals surface area contributed by atoms with Crippen LogP contribution in [0.4, 0.5) is 10.2 Å². The molecular formula is C27H36FN5O2. The topological polar surface area (TPSA) is 81.6 Å². The summed E-state index contributed by atoms with van der Waals surface area (Å²) in [5, 5.41) is 14.0. The number of rotatable bonds is 4. The molecule has 0 unspecified atom stereocenters. The summed E-state index contributed by atoms with van der Waals surface area (Å²) in [6.45, 7) is 10.6. The second kappa shape index (κ2) is 9.13. The molecule has 2 N–H and O–H groups in total. The molecule has 188 valence electrons. The van der Waals surface area contributed by atoms with E-state index < -0.39 is 12.0 Å². The van der Waals surface area contributed by atoms with Crippen molar-refractivity contribution in [3.05, 3.63) is 52.7 Å².